The van der Waals surface area contributed by atoms with Crippen molar-refractivity contribution < 1.29 is 28.2 Å². The second-order valence-electron chi connectivity index (χ2n) is 11.7. The summed E-state index contributed by atoms with van der Waals surface area (Å²) < 4.78 is 42.4. The van der Waals surface area contributed by atoms with Crippen LogP contribution in [0.4, 0.5) is 25.2 Å². The number of alkyl carbamates (subject to hydrolysis) is 1. The molecule has 1 amide bonds. The number of benzene rings is 1. The second kappa shape index (κ2) is 12.1. The molecule has 0 unspecified atom stereocenters. The number of carbonyl (C=O) groups is 1. The Morgan fingerprint density at radius 1 is 1.16 bits per heavy atom. The van der Waals surface area contributed by atoms with Crippen LogP contribution in [0.1, 0.15) is 49.7 Å². The standard InChI is InChI=1S/C31H35F2N7O4/c1-17-11-18(12-24(34)28(17)38-30(41)43-2)21-5-8-35-16-26(21)37-29-36-15-20-3-4-25(39-40(20)29)27-22(32)13-19(14-23(27)33)31(42)6-9-44-10-7-31/h3-5,8,13-18,24,28,42H,6-7,9-12,34H2,1-2H3,(H,36,37)(H,38,41)/t17-,18+,24+,28-/m0/s1. The maximum absolute atomic E-state index is 15.4. The van der Waals surface area contributed by atoms with Crippen molar-refractivity contribution in [3.63, 3.8) is 0 Å². The Bertz CT molecular complexity index is 1640. The average Bonchev–Trinajstić information content (AvgIpc) is 3.41. The number of aliphatic hydroxyl groups is 1. The predicted molar refractivity (Wildman–Crippen MR) is 158 cm³/mol. The first kappa shape index (κ1) is 29.9. The quantitative estimate of drug-likeness (QED) is 0.251. The number of methoxy groups -OCH3 is 1. The Labute approximate surface area is 252 Å². The lowest BCUT2D eigenvalue weighted by Gasteiger charge is -2.39. The first-order chi connectivity index (χ1) is 21.2. The maximum Gasteiger partial charge on any atom is 0.407 e. The number of hydrogen-bond donors (Lipinski definition) is 4. The fourth-order valence-corrected chi connectivity index (χ4v) is 6.46. The zero-order chi connectivity index (χ0) is 31.0. The van der Waals surface area contributed by atoms with Gasteiger partial charge in [-0.15, -0.1) is 0 Å². The molecule has 0 spiro atoms. The molecule has 1 aliphatic heterocycles. The maximum atomic E-state index is 15.4. The number of imidazole rings is 1. The number of fused-ring (bicyclic) bond motifs is 1. The summed E-state index contributed by atoms with van der Waals surface area (Å²) in [5.74, 6) is -1.15. The van der Waals surface area contributed by atoms with Crippen LogP contribution in [0.15, 0.2) is 48.9 Å². The van der Waals surface area contributed by atoms with Gasteiger partial charge in [0, 0.05) is 44.3 Å². The molecule has 4 heterocycles. The van der Waals surface area contributed by atoms with E-state index >= 15 is 8.78 Å². The van der Waals surface area contributed by atoms with Crippen molar-refractivity contribution in [2.75, 3.05) is 25.6 Å². The lowest BCUT2D eigenvalue weighted by atomic mass is 9.73. The van der Waals surface area contributed by atoms with Gasteiger partial charge in [0.05, 0.1) is 47.6 Å². The minimum atomic E-state index is -1.35. The van der Waals surface area contributed by atoms with E-state index in [0.717, 1.165) is 12.0 Å². The summed E-state index contributed by atoms with van der Waals surface area (Å²) in [6, 6.07) is 6.98. The number of nitrogens with one attached hydrogen (secondary N) is 2. The summed E-state index contributed by atoms with van der Waals surface area (Å²) in [4.78, 5) is 20.6. The van der Waals surface area contributed by atoms with E-state index in [1.54, 1.807) is 24.7 Å². The molecule has 44 heavy (non-hydrogen) atoms. The number of nitrogens with two attached hydrogens (primary N) is 1. The third kappa shape index (κ3) is 5.70. The number of halogens is 2. The summed E-state index contributed by atoms with van der Waals surface area (Å²) in [5.41, 5.74) is 7.39. The summed E-state index contributed by atoms with van der Waals surface area (Å²) in [5, 5.41) is 21.7. The minimum Gasteiger partial charge on any atom is -0.453 e. The SMILES string of the molecule is COC(=O)N[C@@H]1[C@H](N)C[C@H](c2ccncc2Nc2ncc3ccc(-c4c(F)cc(C5(O)CCOCC5)cc4F)nn23)C[C@@H]1C. The number of anilines is 2. The van der Waals surface area contributed by atoms with Gasteiger partial charge in [-0.25, -0.2) is 18.6 Å². The first-order valence-electron chi connectivity index (χ1n) is 14.6. The highest BCUT2D eigenvalue weighted by atomic mass is 19.1. The lowest BCUT2D eigenvalue weighted by molar-refractivity contribution is -0.0682. The van der Waals surface area contributed by atoms with Crippen molar-refractivity contribution in [2.24, 2.45) is 11.7 Å². The van der Waals surface area contributed by atoms with E-state index in [4.69, 9.17) is 15.2 Å². The summed E-state index contributed by atoms with van der Waals surface area (Å²) >= 11 is 0. The molecule has 0 bridgehead atoms. The van der Waals surface area contributed by atoms with Gasteiger partial charge < -0.3 is 30.9 Å². The fourth-order valence-electron chi connectivity index (χ4n) is 6.46. The van der Waals surface area contributed by atoms with Crippen LogP contribution in [-0.4, -0.2) is 63.2 Å². The number of ether oxygens (including phenoxy) is 2. The van der Waals surface area contributed by atoms with Crippen LogP contribution in [0, 0.1) is 17.6 Å². The van der Waals surface area contributed by atoms with Gasteiger partial charge in [0.25, 0.3) is 0 Å². The second-order valence-corrected chi connectivity index (χ2v) is 11.7. The van der Waals surface area contributed by atoms with Gasteiger partial charge in [0.2, 0.25) is 5.95 Å². The largest absolute Gasteiger partial charge is 0.453 e. The molecule has 1 saturated carbocycles. The van der Waals surface area contributed by atoms with Crippen LogP contribution in [0.2, 0.25) is 0 Å². The molecule has 1 aromatic carbocycles. The van der Waals surface area contributed by atoms with Crippen molar-refractivity contribution in [3.05, 3.63) is 71.7 Å². The van der Waals surface area contributed by atoms with Crippen LogP contribution < -0.4 is 16.4 Å². The smallest absolute Gasteiger partial charge is 0.407 e. The molecule has 3 aromatic heterocycles. The van der Waals surface area contributed by atoms with Gasteiger partial charge in [0.1, 0.15) is 11.6 Å². The number of carbonyl (C=O) groups excluding carboxylic acids is 1. The zero-order valence-electron chi connectivity index (χ0n) is 24.5. The van der Waals surface area contributed by atoms with Crippen molar-refractivity contribution in [2.45, 2.75) is 56.2 Å². The third-order valence-electron chi connectivity index (χ3n) is 8.84. The van der Waals surface area contributed by atoms with E-state index in [-0.39, 0.29) is 53.6 Å². The van der Waals surface area contributed by atoms with E-state index in [9.17, 15) is 9.90 Å². The van der Waals surface area contributed by atoms with Crippen molar-refractivity contribution >= 4 is 23.2 Å². The van der Waals surface area contributed by atoms with Crippen molar-refractivity contribution in [1.29, 1.82) is 0 Å². The van der Waals surface area contributed by atoms with E-state index in [1.165, 1.54) is 29.8 Å². The van der Waals surface area contributed by atoms with E-state index < -0.39 is 23.3 Å². The Morgan fingerprint density at radius 2 is 1.91 bits per heavy atom. The number of nitrogens with zero attached hydrogens (tertiary/aromatic N) is 4. The molecule has 13 heteroatoms. The van der Waals surface area contributed by atoms with Crippen LogP contribution in [0.5, 0.6) is 0 Å². The number of rotatable bonds is 6. The van der Waals surface area contributed by atoms with Crippen LogP contribution in [0.3, 0.4) is 0 Å². The molecule has 232 valence electrons. The molecule has 2 aliphatic rings. The fraction of sp³-hybridized carbons (Fsp3) is 0.419. The normalized spacial score (nSPS) is 23.3. The van der Waals surface area contributed by atoms with Crippen LogP contribution >= 0.6 is 0 Å². The summed E-state index contributed by atoms with van der Waals surface area (Å²) in [6.07, 6.45) is 6.40. The molecular weight excluding hydrogens is 572 g/mol. The van der Waals surface area contributed by atoms with Gasteiger partial charge >= 0.3 is 6.09 Å². The van der Waals surface area contributed by atoms with E-state index in [1.807, 2.05) is 13.0 Å². The van der Waals surface area contributed by atoms with Gasteiger partial charge in [-0.3, -0.25) is 4.98 Å². The highest BCUT2D eigenvalue weighted by Gasteiger charge is 2.37. The Hall–Kier alpha value is -4.20. The molecular formula is C31H35F2N7O4. The number of aromatic nitrogens is 4. The highest BCUT2D eigenvalue weighted by molar-refractivity contribution is 5.68. The van der Waals surface area contributed by atoms with E-state index in [0.29, 0.717) is 36.8 Å². The van der Waals surface area contributed by atoms with Gasteiger partial charge in [-0.2, -0.15) is 9.61 Å². The molecule has 11 nitrogen and oxygen atoms in total. The molecule has 0 radical (unpaired) electrons. The van der Waals surface area contributed by atoms with Crippen LogP contribution in [-0.2, 0) is 15.1 Å². The average molecular weight is 608 g/mol. The number of pyridine rings is 1. The molecule has 2 fully saturated rings. The topological polar surface area (TPSA) is 149 Å². The number of hydrogen-bond acceptors (Lipinski definition) is 9. The Balaban J connectivity index is 1.28. The highest BCUT2D eigenvalue weighted by Crippen LogP contribution is 2.40. The monoisotopic (exact) mass is 607 g/mol. The van der Waals surface area contributed by atoms with Gasteiger partial charge in [0.15, 0.2) is 0 Å². The molecule has 5 N–H and O–H groups in total. The summed E-state index contributed by atoms with van der Waals surface area (Å²) in [6.45, 7) is 2.67. The third-order valence-corrected chi connectivity index (χ3v) is 8.84. The van der Waals surface area contributed by atoms with Crippen molar-refractivity contribution in [3.8, 4) is 11.3 Å². The molecule has 4 atom stereocenters. The molecule has 1 aliphatic carbocycles. The van der Waals surface area contributed by atoms with Crippen LogP contribution in [0.25, 0.3) is 16.8 Å². The molecule has 4 aromatic rings. The Kier molecular flexibility index (Phi) is 8.18. The van der Waals surface area contributed by atoms with Gasteiger partial charge in [-0.05, 0) is 66.1 Å². The first-order valence-corrected chi connectivity index (χ1v) is 14.6. The minimum absolute atomic E-state index is 0.0710. The number of amides is 1. The summed E-state index contributed by atoms with van der Waals surface area (Å²) in [7, 11) is 1.32. The van der Waals surface area contributed by atoms with Crippen molar-refractivity contribution in [1.82, 2.24) is 24.9 Å². The van der Waals surface area contributed by atoms with E-state index in [2.05, 4.69) is 25.7 Å². The zero-order valence-corrected chi connectivity index (χ0v) is 24.5. The lowest BCUT2D eigenvalue weighted by Crippen LogP contribution is -2.54. The Morgan fingerprint density at radius 3 is 2.61 bits per heavy atom. The predicted octanol–water partition coefficient (Wildman–Crippen LogP) is 4.38. The molecule has 1 saturated heterocycles. The van der Waals surface area contributed by atoms with Gasteiger partial charge in [-0.1, -0.05) is 6.92 Å². The molecule has 6 rings (SSSR count).